The quantitative estimate of drug-likeness (QED) is 0.779. The zero-order chi connectivity index (χ0) is 15.6. The van der Waals surface area contributed by atoms with Gasteiger partial charge in [-0.1, -0.05) is 0 Å². The summed E-state index contributed by atoms with van der Waals surface area (Å²) in [5.41, 5.74) is 2.97. The predicted molar refractivity (Wildman–Crippen MR) is 89.7 cm³/mol. The van der Waals surface area contributed by atoms with E-state index < -0.39 is 0 Å². The third-order valence-electron chi connectivity index (χ3n) is 6.71. The molecule has 0 spiro atoms. The van der Waals surface area contributed by atoms with Crippen molar-refractivity contribution >= 4 is 6.21 Å². The van der Waals surface area contributed by atoms with Crippen molar-refractivity contribution < 1.29 is 14.0 Å². The minimum absolute atomic E-state index is 0.344. The first kappa shape index (κ1) is 13.9. The van der Waals surface area contributed by atoms with Crippen molar-refractivity contribution in [3.05, 3.63) is 23.3 Å². The summed E-state index contributed by atoms with van der Waals surface area (Å²) in [4.78, 5) is 0. The number of benzene rings is 1. The fraction of sp³-hybridized carbons (Fsp3) is 0.650. The number of ether oxygens (including phenoxy) is 2. The van der Waals surface area contributed by atoms with Gasteiger partial charge in [-0.3, -0.25) is 0 Å². The van der Waals surface area contributed by atoms with E-state index in [0.717, 1.165) is 29.3 Å². The molecule has 5 aliphatic rings. The second-order valence-electron chi connectivity index (χ2n) is 8.45. The monoisotopic (exact) mass is 312 g/mol. The smallest absolute Gasteiger partial charge is 0.286 e. The molecule has 1 aromatic carbocycles. The maximum absolute atomic E-state index is 6.19. The lowest BCUT2D eigenvalue weighted by Gasteiger charge is -2.57. The lowest BCUT2D eigenvalue weighted by Crippen LogP contribution is -2.48. The van der Waals surface area contributed by atoms with Crippen LogP contribution in [0, 0.1) is 17.8 Å². The molecule has 0 saturated heterocycles. The van der Waals surface area contributed by atoms with Gasteiger partial charge >= 0.3 is 0 Å². The van der Waals surface area contributed by atoms with Crippen LogP contribution in [0.15, 0.2) is 12.1 Å². The van der Waals surface area contributed by atoms with Crippen molar-refractivity contribution in [3.63, 3.8) is 0 Å². The van der Waals surface area contributed by atoms with Crippen molar-refractivity contribution in [2.45, 2.75) is 43.9 Å². The summed E-state index contributed by atoms with van der Waals surface area (Å²) >= 11 is 0. The van der Waals surface area contributed by atoms with Gasteiger partial charge in [-0.15, -0.1) is 0 Å². The molecular weight excluding hydrogens is 286 g/mol. The molecule has 3 heteroatoms. The van der Waals surface area contributed by atoms with Gasteiger partial charge in [0.1, 0.15) is 18.5 Å². The second kappa shape index (κ2) is 4.75. The minimum atomic E-state index is 0.344. The van der Waals surface area contributed by atoms with Crippen LogP contribution in [0.5, 0.6) is 11.5 Å². The Labute approximate surface area is 138 Å². The minimum Gasteiger partial charge on any atom is -0.497 e. The molecule has 122 valence electrons. The van der Waals surface area contributed by atoms with Gasteiger partial charge in [-0.25, -0.2) is 4.58 Å². The van der Waals surface area contributed by atoms with E-state index in [2.05, 4.69) is 30.0 Å². The highest BCUT2D eigenvalue weighted by molar-refractivity contribution is 5.83. The zero-order valence-corrected chi connectivity index (χ0v) is 14.2. The Morgan fingerprint density at radius 2 is 1.74 bits per heavy atom. The number of methoxy groups -OCH3 is 1. The topological polar surface area (TPSA) is 21.5 Å². The van der Waals surface area contributed by atoms with Gasteiger partial charge in [0.25, 0.3) is 6.73 Å². The van der Waals surface area contributed by atoms with Crippen molar-refractivity contribution in [1.29, 1.82) is 0 Å². The average molecular weight is 312 g/mol. The van der Waals surface area contributed by atoms with Crippen LogP contribution in [-0.2, 0) is 5.41 Å². The third-order valence-corrected chi connectivity index (χ3v) is 6.71. The summed E-state index contributed by atoms with van der Waals surface area (Å²) in [6.07, 6.45) is 10.7. The van der Waals surface area contributed by atoms with E-state index in [1.165, 1.54) is 49.7 Å². The molecule has 4 fully saturated rings. The van der Waals surface area contributed by atoms with E-state index in [1.807, 2.05) is 0 Å². The van der Waals surface area contributed by atoms with Crippen LogP contribution < -0.4 is 9.47 Å². The molecule has 6 rings (SSSR count). The first-order valence-corrected chi connectivity index (χ1v) is 9.06. The Kier molecular flexibility index (Phi) is 2.87. The molecule has 23 heavy (non-hydrogen) atoms. The molecule has 1 heterocycles. The highest BCUT2D eigenvalue weighted by atomic mass is 16.5. The molecule has 0 N–H and O–H groups in total. The molecule has 0 radical (unpaired) electrons. The number of nitrogens with zero attached hydrogens (tertiary/aromatic N) is 1. The van der Waals surface area contributed by atoms with Crippen LogP contribution in [-0.4, -0.2) is 31.7 Å². The normalized spacial score (nSPS) is 37.1. The van der Waals surface area contributed by atoms with Crippen molar-refractivity contribution in [1.82, 2.24) is 0 Å². The molecular formula is C20H26NO2+. The average Bonchev–Trinajstić information content (AvgIpc) is 2.52. The van der Waals surface area contributed by atoms with E-state index in [1.54, 1.807) is 7.11 Å². The molecule has 3 nitrogen and oxygen atoms in total. The van der Waals surface area contributed by atoms with Gasteiger partial charge in [-0.05, 0) is 73.8 Å². The highest BCUT2D eigenvalue weighted by Gasteiger charge is 2.53. The summed E-state index contributed by atoms with van der Waals surface area (Å²) in [5.74, 6) is 4.94. The highest BCUT2D eigenvalue weighted by Crippen LogP contribution is 2.62. The first-order valence-electron chi connectivity index (χ1n) is 9.06. The van der Waals surface area contributed by atoms with Gasteiger partial charge < -0.3 is 9.47 Å². The standard InChI is InChI=1S/C20H26NO2/c1-21-11-16-6-17(22-2)7-18(19(16)23-12-21)20-8-13-3-14(9-20)5-15(4-13)10-20/h6-7,11,13-15H,3-5,8-10,12H2,1-2H3/q+1. The SMILES string of the molecule is COc1cc2c(c(C34CC5CC(CC(C5)C3)C4)c1)OC[N+](C)=C2. The Morgan fingerprint density at radius 3 is 2.35 bits per heavy atom. The zero-order valence-electron chi connectivity index (χ0n) is 14.2. The van der Waals surface area contributed by atoms with Crippen molar-refractivity contribution in [3.8, 4) is 11.5 Å². The van der Waals surface area contributed by atoms with Gasteiger partial charge in [0.15, 0.2) is 6.21 Å². The molecule has 0 aromatic heterocycles. The van der Waals surface area contributed by atoms with Crippen molar-refractivity contribution in [2.75, 3.05) is 20.9 Å². The maximum Gasteiger partial charge on any atom is 0.286 e. The van der Waals surface area contributed by atoms with E-state index in [0.29, 0.717) is 12.1 Å². The molecule has 0 amide bonds. The summed E-state index contributed by atoms with van der Waals surface area (Å²) in [5, 5.41) is 0. The fourth-order valence-electron chi connectivity index (χ4n) is 6.27. The van der Waals surface area contributed by atoms with Crippen molar-refractivity contribution in [2.24, 2.45) is 17.8 Å². The molecule has 4 bridgehead atoms. The van der Waals surface area contributed by atoms with Crippen LogP contribution in [0.4, 0.5) is 0 Å². The largest absolute Gasteiger partial charge is 0.497 e. The molecule has 4 saturated carbocycles. The molecule has 4 aliphatic carbocycles. The van der Waals surface area contributed by atoms with Gasteiger partial charge in [0.2, 0.25) is 0 Å². The number of hydrogen-bond acceptors (Lipinski definition) is 2. The van der Waals surface area contributed by atoms with E-state index in [-0.39, 0.29) is 0 Å². The molecule has 1 aromatic rings. The van der Waals surface area contributed by atoms with Crippen LogP contribution in [0.1, 0.15) is 49.7 Å². The fourth-order valence-corrected chi connectivity index (χ4v) is 6.27. The van der Waals surface area contributed by atoms with Crippen LogP contribution in [0.2, 0.25) is 0 Å². The number of hydrogen-bond donors (Lipinski definition) is 0. The van der Waals surface area contributed by atoms with E-state index in [4.69, 9.17) is 9.47 Å². The van der Waals surface area contributed by atoms with Crippen LogP contribution >= 0.6 is 0 Å². The molecule has 0 unspecified atom stereocenters. The van der Waals surface area contributed by atoms with E-state index in [9.17, 15) is 0 Å². The Morgan fingerprint density at radius 1 is 1.09 bits per heavy atom. The van der Waals surface area contributed by atoms with Gasteiger partial charge in [0, 0.05) is 5.56 Å². The number of rotatable bonds is 2. The summed E-state index contributed by atoms with van der Waals surface area (Å²) < 4.78 is 13.9. The second-order valence-corrected chi connectivity index (χ2v) is 8.45. The number of fused-ring (bicyclic) bond motifs is 1. The van der Waals surface area contributed by atoms with Gasteiger partial charge in [-0.2, -0.15) is 0 Å². The lowest BCUT2D eigenvalue weighted by molar-refractivity contribution is -0.528. The predicted octanol–water partition coefficient (Wildman–Crippen LogP) is 3.57. The summed E-state index contributed by atoms with van der Waals surface area (Å²) in [6, 6.07) is 4.40. The van der Waals surface area contributed by atoms with Gasteiger partial charge in [0.05, 0.1) is 12.7 Å². The third kappa shape index (κ3) is 2.05. The summed E-state index contributed by atoms with van der Waals surface area (Å²) in [7, 11) is 3.84. The first-order chi connectivity index (χ1) is 11.1. The van der Waals surface area contributed by atoms with Crippen LogP contribution in [0.25, 0.3) is 0 Å². The Bertz CT molecular complexity index is 656. The lowest BCUT2D eigenvalue weighted by atomic mass is 9.48. The molecule has 1 aliphatic heterocycles. The van der Waals surface area contributed by atoms with Crippen LogP contribution in [0.3, 0.4) is 0 Å². The summed E-state index contributed by atoms with van der Waals surface area (Å²) in [6.45, 7) is 0.651. The van der Waals surface area contributed by atoms with E-state index >= 15 is 0 Å². The maximum atomic E-state index is 6.19. The molecule has 0 atom stereocenters. The Hall–Kier alpha value is -1.51. The Balaban J connectivity index is 1.67.